The highest BCUT2D eigenvalue weighted by Crippen LogP contribution is 2.15. The van der Waals surface area contributed by atoms with Crippen molar-refractivity contribution in [1.82, 2.24) is 14.9 Å². The number of likely N-dealkylation sites (tertiary alicyclic amines) is 1. The predicted octanol–water partition coefficient (Wildman–Crippen LogP) is 2.16. The topological polar surface area (TPSA) is 50.3 Å². The maximum Gasteiger partial charge on any atom is 0.226 e. The summed E-state index contributed by atoms with van der Waals surface area (Å²) in [5.74, 6) is 1.32. The normalized spacial score (nSPS) is 20.2. The molecule has 0 amide bonds. The number of nitrogens with one attached hydrogen (secondary N) is 1. The van der Waals surface area contributed by atoms with Crippen LogP contribution in [0.4, 0.5) is 5.95 Å². The van der Waals surface area contributed by atoms with E-state index in [1.54, 1.807) is 12.3 Å². The number of nitrogens with zero attached hydrogens (tertiary/aromatic N) is 3. The molecule has 0 saturated carbocycles. The van der Waals surface area contributed by atoms with Crippen molar-refractivity contribution in [1.29, 1.82) is 0 Å². The van der Waals surface area contributed by atoms with E-state index in [0.29, 0.717) is 24.5 Å². The Morgan fingerprint density at radius 2 is 2.37 bits per heavy atom. The molecule has 106 valence electrons. The number of ether oxygens (including phenoxy) is 1. The Bertz CT molecular complexity index is 383. The highest BCUT2D eigenvalue weighted by molar-refractivity contribution is 5.29. The molecule has 1 fully saturated rings. The fourth-order valence-electron chi connectivity index (χ4n) is 2.52. The monoisotopic (exact) mass is 264 g/mol. The van der Waals surface area contributed by atoms with Crippen molar-refractivity contribution in [2.24, 2.45) is 0 Å². The van der Waals surface area contributed by atoms with Gasteiger partial charge in [-0.2, -0.15) is 4.98 Å². The molecule has 1 aromatic rings. The largest absolute Gasteiger partial charge is 0.478 e. The summed E-state index contributed by atoms with van der Waals surface area (Å²) >= 11 is 0. The van der Waals surface area contributed by atoms with E-state index in [2.05, 4.69) is 27.1 Å². The summed E-state index contributed by atoms with van der Waals surface area (Å²) in [6.07, 6.45) is 5.38. The molecule has 2 heterocycles. The molecule has 1 unspecified atom stereocenters. The van der Waals surface area contributed by atoms with Crippen LogP contribution in [-0.4, -0.2) is 47.2 Å². The minimum atomic E-state index is 0.442. The average molecular weight is 264 g/mol. The van der Waals surface area contributed by atoms with Gasteiger partial charge in [0.1, 0.15) is 0 Å². The molecule has 1 aromatic heterocycles. The van der Waals surface area contributed by atoms with Gasteiger partial charge in [0.25, 0.3) is 0 Å². The Hall–Kier alpha value is -1.36. The van der Waals surface area contributed by atoms with E-state index in [1.165, 1.54) is 32.4 Å². The lowest BCUT2D eigenvalue weighted by Crippen LogP contribution is -2.42. The van der Waals surface area contributed by atoms with Gasteiger partial charge in [0, 0.05) is 24.8 Å². The molecule has 1 aliphatic rings. The molecule has 1 aliphatic heterocycles. The Balaban J connectivity index is 1.90. The lowest BCUT2D eigenvalue weighted by atomic mass is 10.1. The second-order valence-electron chi connectivity index (χ2n) is 4.94. The van der Waals surface area contributed by atoms with Gasteiger partial charge < -0.3 is 15.0 Å². The maximum absolute atomic E-state index is 5.39. The fourth-order valence-corrected chi connectivity index (χ4v) is 2.52. The van der Waals surface area contributed by atoms with Crippen LogP contribution in [0.15, 0.2) is 12.3 Å². The van der Waals surface area contributed by atoms with Crippen LogP contribution in [0.1, 0.15) is 33.1 Å². The summed E-state index contributed by atoms with van der Waals surface area (Å²) in [5.41, 5.74) is 0. The van der Waals surface area contributed by atoms with Crippen LogP contribution >= 0.6 is 0 Å². The van der Waals surface area contributed by atoms with Crippen molar-refractivity contribution < 1.29 is 4.74 Å². The zero-order valence-electron chi connectivity index (χ0n) is 11.9. The van der Waals surface area contributed by atoms with Crippen LogP contribution in [0, 0.1) is 0 Å². The van der Waals surface area contributed by atoms with E-state index in [4.69, 9.17) is 4.74 Å². The van der Waals surface area contributed by atoms with E-state index < -0.39 is 0 Å². The maximum atomic E-state index is 5.39. The third kappa shape index (κ3) is 4.35. The van der Waals surface area contributed by atoms with Gasteiger partial charge in [-0.25, -0.2) is 4.98 Å². The highest BCUT2D eigenvalue weighted by atomic mass is 16.5. The Morgan fingerprint density at radius 3 is 3.16 bits per heavy atom. The van der Waals surface area contributed by atoms with Crippen LogP contribution in [-0.2, 0) is 0 Å². The quantitative estimate of drug-likeness (QED) is 0.853. The van der Waals surface area contributed by atoms with Crippen molar-refractivity contribution in [2.75, 3.05) is 31.6 Å². The van der Waals surface area contributed by atoms with Gasteiger partial charge in [0.2, 0.25) is 11.8 Å². The Kier molecular flexibility index (Phi) is 5.39. The second-order valence-corrected chi connectivity index (χ2v) is 4.94. The molecule has 19 heavy (non-hydrogen) atoms. The first-order chi connectivity index (χ1) is 9.31. The smallest absolute Gasteiger partial charge is 0.226 e. The van der Waals surface area contributed by atoms with Crippen LogP contribution in [0.25, 0.3) is 0 Å². The third-order valence-corrected chi connectivity index (χ3v) is 3.30. The van der Waals surface area contributed by atoms with E-state index >= 15 is 0 Å². The molecule has 1 saturated heterocycles. The number of rotatable bonds is 6. The molecule has 5 heteroatoms. The molecule has 2 rings (SSSR count). The van der Waals surface area contributed by atoms with Crippen LogP contribution < -0.4 is 10.1 Å². The molecule has 0 spiro atoms. The molecule has 0 bridgehead atoms. The third-order valence-electron chi connectivity index (χ3n) is 3.30. The van der Waals surface area contributed by atoms with Crippen molar-refractivity contribution in [2.45, 2.75) is 39.2 Å². The van der Waals surface area contributed by atoms with E-state index in [0.717, 1.165) is 6.54 Å². The van der Waals surface area contributed by atoms with Crippen molar-refractivity contribution >= 4 is 5.95 Å². The number of aromatic nitrogens is 2. The summed E-state index contributed by atoms with van der Waals surface area (Å²) in [6, 6.07) is 2.23. The second kappa shape index (κ2) is 7.28. The average Bonchev–Trinajstić information content (AvgIpc) is 2.40. The first-order valence-corrected chi connectivity index (χ1v) is 7.26. The number of hydrogen-bond acceptors (Lipinski definition) is 5. The summed E-state index contributed by atoms with van der Waals surface area (Å²) in [6.45, 7) is 8.29. The SMILES string of the molecule is CCCN1CCCC(Nc2nccc(OCC)n2)C1. The Labute approximate surface area is 115 Å². The van der Waals surface area contributed by atoms with Crippen LogP contribution in [0.2, 0.25) is 0 Å². The van der Waals surface area contributed by atoms with Crippen LogP contribution in [0.5, 0.6) is 5.88 Å². The lowest BCUT2D eigenvalue weighted by molar-refractivity contribution is 0.216. The van der Waals surface area contributed by atoms with Gasteiger partial charge in [-0.1, -0.05) is 6.92 Å². The van der Waals surface area contributed by atoms with E-state index in [-0.39, 0.29) is 0 Å². The van der Waals surface area contributed by atoms with Crippen molar-refractivity contribution in [3.63, 3.8) is 0 Å². The van der Waals surface area contributed by atoms with Gasteiger partial charge in [-0.3, -0.25) is 0 Å². The zero-order valence-corrected chi connectivity index (χ0v) is 11.9. The summed E-state index contributed by atoms with van der Waals surface area (Å²) < 4.78 is 5.39. The molecule has 0 aliphatic carbocycles. The number of hydrogen-bond donors (Lipinski definition) is 1. The summed E-state index contributed by atoms with van der Waals surface area (Å²) in [7, 11) is 0. The summed E-state index contributed by atoms with van der Waals surface area (Å²) in [5, 5.41) is 3.42. The van der Waals surface area contributed by atoms with Gasteiger partial charge >= 0.3 is 0 Å². The molecule has 0 radical (unpaired) electrons. The molecular formula is C14H24N4O. The van der Waals surface area contributed by atoms with Gasteiger partial charge in [-0.05, 0) is 39.3 Å². The Morgan fingerprint density at radius 1 is 1.47 bits per heavy atom. The highest BCUT2D eigenvalue weighted by Gasteiger charge is 2.19. The summed E-state index contributed by atoms with van der Waals surface area (Å²) in [4.78, 5) is 11.1. The zero-order chi connectivity index (χ0) is 13.5. The van der Waals surface area contributed by atoms with Crippen molar-refractivity contribution in [3.05, 3.63) is 12.3 Å². The van der Waals surface area contributed by atoms with Gasteiger partial charge in [-0.15, -0.1) is 0 Å². The van der Waals surface area contributed by atoms with E-state index in [1.807, 2.05) is 6.92 Å². The van der Waals surface area contributed by atoms with E-state index in [9.17, 15) is 0 Å². The fraction of sp³-hybridized carbons (Fsp3) is 0.714. The predicted molar refractivity (Wildman–Crippen MR) is 76.6 cm³/mol. The molecule has 1 N–H and O–H groups in total. The van der Waals surface area contributed by atoms with Gasteiger partial charge in [0.15, 0.2) is 0 Å². The molecule has 0 aromatic carbocycles. The van der Waals surface area contributed by atoms with Crippen LogP contribution in [0.3, 0.4) is 0 Å². The molecule has 1 atom stereocenters. The van der Waals surface area contributed by atoms with Crippen molar-refractivity contribution in [3.8, 4) is 5.88 Å². The first kappa shape index (κ1) is 14.1. The first-order valence-electron chi connectivity index (χ1n) is 7.26. The van der Waals surface area contributed by atoms with Gasteiger partial charge in [0.05, 0.1) is 6.61 Å². The minimum absolute atomic E-state index is 0.442. The number of anilines is 1. The molecular weight excluding hydrogens is 240 g/mol. The minimum Gasteiger partial charge on any atom is -0.478 e. The molecule has 5 nitrogen and oxygen atoms in total. The standard InChI is InChI=1S/C14H24N4O/c1-3-9-18-10-5-6-12(11-18)16-14-15-8-7-13(17-14)19-4-2/h7-8,12H,3-6,9-11H2,1-2H3,(H,15,16,17). The lowest BCUT2D eigenvalue weighted by Gasteiger charge is -2.32. The number of piperidine rings is 1.